The van der Waals surface area contributed by atoms with Gasteiger partial charge in [0.25, 0.3) is 0 Å². The van der Waals surface area contributed by atoms with Gasteiger partial charge >= 0.3 is 12.4 Å². The fraction of sp³-hybridized carbons (Fsp3) is 0.100. The van der Waals surface area contributed by atoms with Gasteiger partial charge in [-0.05, 0) is 30.3 Å². The third-order valence-electron chi connectivity index (χ3n) is 4.19. The van der Waals surface area contributed by atoms with E-state index in [0.29, 0.717) is 6.07 Å². The monoisotopic (exact) mass is 482 g/mol. The van der Waals surface area contributed by atoms with Gasteiger partial charge in [-0.3, -0.25) is 0 Å². The van der Waals surface area contributed by atoms with Crippen LogP contribution in [0.1, 0.15) is 11.1 Å². The van der Waals surface area contributed by atoms with Crippen LogP contribution in [0, 0.1) is 17.5 Å². The van der Waals surface area contributed by atoms with Crippen molar-refractivity contribution in [2.45, 2.75) is 12.4 Å². The van der Waals surface area contributed by atoms with E-state index in [0.717, 1.165) is 30.3 Å². The van der Waals surface area contributed by atoms with Crippen LogP contribution in [0.3, 0.4) is 0 Å². The smallest absolute Gasteiger partial charge is 0.423 e. The van der Waals surface area contributed by atoms with E-state index in [9.17, 15) is 39.5 Å². The lowest BCUT2D eigenvalue weighted by Crippen LogP contribution is -2.17. The number of rotatable bonds is 4. The molecular formula is C20H11F9N2O2. The highest BCUT2D eigenvalue weighted by Gasteiger charge is 2.47. The third kappa shape index (κ3) is 4.71. The van der Waals surface area contributed by atoms with Crippen molar-refractivity contribution >= 4 is 11.4 Å². The molecule has 0 aliphatic rings. The van der Waals surface area contributed by atoms with Gasteiger partial charge in [-0.2, -0.15) is 26.3 Å². The summed E-state index contributed by atoms with van der Waals surface area (Å²) in [5, 5.41) is 0. The lowest BCUT2D eigenvalue weighted by atomic mass is 10.1. The van der Waals surface area contributed by atoms with Gasteiger partial charge in [0.2, 0.25) is 0 Å². The van der Waals surface area contributed by atoms with E-state index in [1.807, 2.05) is 0 Å². The third-order valence-corrected chi connectivity index (χ3v) is 4.19. The Morgan fingerprint density at radius 1 is 0.636 bits per heavy atom. The Hall–Kier alpha value is -3.77. The van der Waals surface area contributed by atoms with Crippen LogP contribution in [0.2, 0.25) is 0 Å². The molecule has 0 saturated carbocycles. The van der Waals surface area contributed by atoms with Crippen molar-refractivity contribution in [1.29, 1.82) is 0 Å². The van der Waals surface area contributed by atoms with E-state index < -0.39 is 75.3 Å². The van der Waals surface area contributed by atoms with Crippen LogP contribution < -0.4 is 20.9 Å². The van der Waals surface area contributed by atoms with Gasteiger partial charge in [-0.15, -0.1) is 0 Å². The second-order valence-electron chi connectivity index (χ2n) is 6.46. The summed E-state index contributed by atoms with van der Waals surface area (Å²) in [5.74, 6) is -11.0. The molecule has 0 atom stereocenters. The number of alkyl halides is 6. The fourth-order valence-electron chi connectivity index (χ4n) is 2.72. The summed E-state index contributed by atoms with van der Waals surface area (Å²) < 4.78 is 134. The molecule has 0 fully saturated rings. The molecule has 0 amide bonds. The molecule has 0 aliphatic carbocycles. The maximum atomic E-state index is 14.5. The molecule has 0 heterocycles. The number of nitrogens with two attached hydrogens (primary N) is 2. The molecule has 13 heteroatoms. The summed E-state index contributed by atoms with van der Waals surface area (Å²) in [6, 6.07) is 5.13. The van der Waals surface area contributed by atoms with Crippen molar-refractivity contribution in [2.75, 3.05) is 11.5 Å². The second-order valence-corrected chi connectivity index (χ2v) is 6.46. The first-order valence-electron chi connectivity index (χ1n) is 8.66. The highest BCUT2D eigenvalue weighted by molar-refractivity contribution is 5.58. The summed E-state index contributed by atoms with van der Waals surface area (Å²) in [6.45, 7) is 0. The van der Waals surface area contributed by atoms with E-state index in [2.05, 4.69) is 9.47 Å². The van der Waals surface area contributed by atoms with Gasteiger partial charge in [0.15, 0.2) is 40.4 Å². The molecule has 33 heavy (non-hydrogen) atoms. The molecule has 4 nitrogen and oxygen atoms in total. The summed E-state index contributed by atoms with van der Waals surface area (Å²) in [7, 11) is 0. The molecule has 0 saturated heterocycles. The summed E-state index contributed by atoms with van der Waals surface area (Å²) in [6.07, 6.45) is -11.3. The Morgan fingerprint density at radius 2 is 1.09 bits per heavy atom. The van der Waals surface area contributed by atoms with Gasteiger partial charge in [-0.1, -0.05) is 12.1 Å². The molecule has 4 N–H and O–H groups in total. The molecule has 0 aromatic heterocycles. The van der Waals surface area contributed by atoms with Crippen molar-refractivity contribution in [3.63, 3.8) is 0 Å². The van der Waals surface area contributed by atoms with E-state index in [-0.39, 0.29) is 6.07 Å². The molecule has 0 aliphatic heterocycles. The molecule has 0 spiro atoms. The minimum absolute atomic E-state index is 0.353. The second kappa shape index (κ2) is 8.30. The first-order valence-corrected chi connectivity index (χ1v) is 8.66. The highest BCUT2D eigenvalue weighted by atomic mass is 19.4. The van der Waals surface area contributed by atoms with Crippen LogP contribution in [0.25, 0.3) is 0 Å². The van der Waals surface area contributed by atoms with Crippen molar-refractivity contribution in [3.8, 4) is 23.0 Å². The zero-order valence-corrected chi connectivity index (χ0v) is 15.9. The topological polar surface area (TPSA) is 70.5 Å². The lowest BCUT2D eigenvalue weighted by molar-refractivity contribution is -0.146. The Kier molecular flexibility index (Phi) is 6.00. The lowest BCUT2D eigenvalue weighted by Gasteiger charge is -2.22. The molecule has 3 aromatic carbocycles. The number of anilines is 2. The van der Waals surface area contributed by atoms with Crippen LogP contribution in [-0.4, -0.2) is 0 Å². The number of ether oxygens (including phenoxy) is 2. The number of hydrogen-bond donors (Lipinski definition) is 2. The van der Waals surface area contributed by atoms with Crippen LogP contribution in [0.5, 0.6) is 23.0 Å². The van der Waals surface area contributed by atoms with Crippen LogP contribution in [0.15, 0.2) is 42.5 Å². The molecule has 0 bridgehead atoms. The largest absolute Gasteiger partial charge is 0.453 e. The average Bonchev–Trinajstić information content (AvgIpc) is 2.69. The Labute approximate surface area is 179 Å². The van der Waals surface area contributed by atoms with Crippen LogP contribution in [-0.2, 0) is 12.4 Å². The van der Waals surface area contributed by atoms with Crippen molar-refractivity contribution in [3.05, 3.63) is 71.0 Å². The quantitative estimate of drug-likeness (QED) is 0.314. The average molecular weight is 482 g/mol. The predicted octanol–water partition coefficient (Wildman–Crippen LogP) is 6.89. The summed E-state index contributed by atoms with van der Waals surface area (Å²) in [5.41, 5.74) is 4.69. The number of hydrogen-bond acceptors (Lipinski definition) is 4. The molecule has 0 radical (unpaired) electrons. The Balaban J connectivity index is 2.34. The van der Waals surface area contributed by atoms with E-state index in [1.165, 1.54) is 0 Å². The van der Waals surface area contributed by atoms with E-state index in [4.69, 9.17) is 11.5 Å². The number of nitrogen functional groups attached to an aromatic ring is 2. The van der Waals surface area contributed by atoms with E-state index in [1.54, 1.807) is 0 Å². The van der Waals surface area contributed by atoms with Gasteiger partial charge < -0.3 is 20.9 Å². The standard InChI is InChI=1S/C20H11F9N2O2/c21-9-7-8(19(24,25)26)17(32-12-5-1-3-10(30)15(12)22)14(20(27,28)29)18(9)33-13-6-2-4-11(31)16(13)23/h1-7H,30-31H2. The molecular weight excluding hydrogens is 471 g/mol. The van der Waals surface area contributed by atoms with Crippen molar-refractivity contribution < 1.29 is 49.0 Å². The Morgan fingerprint density at radius 3 is 1.52 bits per heavy atom. The first kappa shape index (κ1) is 23.9. The first-order chi connectivity index (χ1) is 15.2. The van der Waals surface area contributed by atoms with Crippen molar-refractivity contribution in [2.24, 2.45) is 0 Å². The predicted molar refractivity (Wildman–Crippen MR) is 98.2 cm³/mol. The van der Waals surface area contributed by atoms with E-state index >= 15 is 0 Å². The zero-order valence-electron chi connectivity index (χ0n) is 15.9. The minimum atomic E-state index is -5.74. The van der Waals surface area contributed by atoms with Gasteiger partial charge in [0.05, 0.1) is 11.4 Å². The summed E-state index contributed by atoms with van der Waals surface area (Å²) >= 11 is 0. The molecule has 3 rings (SSSR count). The Bertz CT molecular complexity index is 1210. The normalized spacial score (nSPS) is 12.0. The van der Waals surface area contributed by atoms with Crippen LogP contribution in [0.4, 0.5) is 50.9 Å². The SMILES string of the molecule is Nc1cccc(Oc2c(F)cc(C(F)(F)F)c(Oc3cccc(N)c3F)c2C(F)(F)F)c1F. The molecule has 176 valence electrons. The van der Waals surface area contributed by atoms with Gasteiger partial charge in [0.1, 0.15) is 11.1 Å². The zero-order chi connectivity index (χ0) is 24.7. The highest BCUT2D eigenvalue weighted by Crippen LogP contribution is 2.52. The fourth-order valence-corrected chi connectivity index (χ4v) is 2.72. The number of halogens is 9. The molecule has 3 aromatic rings. The number of benzene rings is 3. The maximum Gasteiger partial charge on any atom is 0.423 e. The molecule has 0 unspecified atom stereocenters. The van der Waals surface area contributed by atoms with Crippen molar-refractivity contribution in [1.82, 2.24) is 0 Å². The van der Waals surface area contributed by atoms with Gasteiger partial charge in [-0.25, -0.2) is 13.2 Å². The summed E-state index contributed by atoms with van der Waals surface area (Å²) in [4.78, 5) is 0. The van der Waals surface area contributed by atoms with Gasteiger partial charge in [0, 0.05) is 0 Å². The van der Waals surface area contributed by atoms with Crippen LogP contribution >= 0.6 is 0 Å². The maximum absolute atomic E-state index is 14.5. The minimum Gasteiger partial charge on any atom is -0.453 e.